The highest BCUT2D eigenvalue weighted by Gasteiger charge is 2.23. The molecular formula is C15H25N3O. The Labute approximate surface area is 116 Å². The number of rotatable bonds is 6. The number of aromatic nitrogens is 2. The van der Waals surface area contributed by atoms with E-state index in [2.05, 4.69) is 29.1 Å². The lowest BCUT2D eigenvalue weighted by atomic mass is 9.98. The van der Waals surface area contributed by atoms with E-state index in [1.54, 1.807) is 0 Å². The van der Waals surface area contributed by atoms with E-state index in [9.17, 15) is 0 Å². The molecule has 4 nitrogen and oxygen atoms in total. The fourth-order valence-electron chi connectivity index (χ4n) is 2.65. The van der Waals surface area contributed by atoms with Gasteiger partial charge in [0.1, 0.15) is 0 Å². The summed E-state index contributed by atoms with van der Waals surface area (Å²) in [5, 5.41) is 3.37. The van der Waals surface area contributed by atoms with E-state index in [-0.39, 0.29) is 0 Å². The van der Waals surface area contributed by atoms with Gasteiger partial charge in [-0.05, 0) is 31.6 Å². The molecule has 0 radical (unpaired) electrons. The average Bonchev–Trinajstić information content (AvgIpc) is 2.79. The number of hydrogen-bond acceptors (Lipinski definition) is 4. The normalized spacial score (nSPS) is 22.5. The summed E-state index contributed by atoms with van der Waals surface area (Å²) < 4.78 is 5.58. The summed E-state index contributed by atoms with van der Waals surface area (Å²) in [5.41, 5.74) is 0.947. The molecule has 0 amide bonds. The third kappa shape index (κ3) is 4.08. The minimum atomic E-state index is 0.677. The Kier molecular flexibility index (Phi) is 5.00. The molecule has 1 heterocycles. The molecule has 106 valence electrons. The van der Waals surface area contributed by atoms with Crippen LogP contribution in [0.3, 0.4) is 0 Å². The molecule has 1 aliphatic carbocycles. The van der Waals surface area contributed by atoms with Gasteiger partial charge in [0.2, 0.25) is 11.8 Å². The zero-order valence-electron chi connectivity index (χ0n) is 12.3. The van der Waals surface area contributed by atoms with Crippen molar-refractivity contribution in [1.29, 1.82) is 0 Å². The predicted octanol–water partition coefficient (Wildman–Crippen LogP) is 3.42. The van der Waals surface area contributed by atoms with Gasteiger partial charge in [0, 0.05) is 18.3 Å². The van der Waals surface area contributed by atoms with E-state index in [4.69, 9.17) is 4.74 Å². The second-order valence-electron chi connectivity index (χ2n) is 5.57. The van der Waals surface area contributed by atoms with Crippen LogP contribution in [0.5, 0.6) is 5.88 Å². The summed E-state index contributed by atoms with van der Waals surface area (Å²) in [4.78, 5) is 8.84. The molecule has 0 saturated heterocycles. The SMILES string of the molecule is CCCOc1cc(C)nc(NCC2CCCC2C)n1. The van der Waals surface area contributed by atoms with Crippen molar-refractivity contribution in [3.8, 4) is 5.88 Å². The first-order valence-corrected chi connectivity index (χ1v) is 7.41. The van der Waals surface area contributed by atoms with Crippen molar-refractivity contribution in [2.24, 2.45) is 11.8 Å². The van der Waals surface area contributed by atoms with Crippen molar-refractivity contribution in [2.45, 2.75) is 46.5 Å². The Balaban J connectivity index is 1.93. The summed E-state index contributed by atoms with van der Waals surface area (Å²) >= 11 is 0. The van der Waals surface area contributed by atoms with Gasteiger partial charge in [-0.3, -0.25) is 0 Å². The van der Waals surface area contributed by atoms with Gasteiger partial charge in [0.15, 0.2) is 0 Å². The minimum Gasteiger partial charge on any atom is -0.478 e. The van der Waals surface area contributed by atoms with E-state index in [0.717, 1.165) is 30.5 Å². The zero-order valence-corrected chi connectivity index (χ0v) is 12.3. The zero-order chi connectivity index (χ0) is 13.7. The summed E-state index contributed by atoms with van der Waals surface area (Å²) in [5.74, 6) is 2.94. The molecular weight excluding hydrogens is 238 g/mol. The standard InChI is InChI=1S/C15H25N3O/c1-4-8-19-14-9-12(3)17-15(18-14)16-10-13-7-5-6-11(13)2/h9,11,13H,4-8,10H2,1-3H3,(H,16,17,18). The van der Waals surface area contributed by atoms with Crippen molar-refractivity contribution in [1.82, 2.24) is 9.97 Å². The Hall–Kier alpha value is -1.32. The molecule has 1 saturated carbocycles. The van der Waals surface area contributed by atoms with Gasteiger partial charge in [-0.1, -0.05) is 26.7 Å². The highest BCUT2D eigenvalue weighted by molar-refractivity contribution is 5.30. The molecule has 1 N–H and O–H groups in total. The highest BCUT2D eigenvalue weighted by atomic mass is 16.5. The van der Waals surface area contributed by atoms with Crippen LogP contribution >= 0.6 is 0 Å². The smallest absolute Gasteiger partial charge is 0.226 e. The molecule has 0 aromatic carbocycles. The van der Waals surface area contributed by atoms with Gasteiger partial charge in [-0.25, -0.2) is 4.98 Å². The molecule has 2 rings (SSSR count). The van der Waals surface area contributed by atoms with Gasteiger partial charge in [0.05, 0.1) is 6.61 Å². The molecule has 2 atom stereocenters. The maximum Gasteiger partial charge on any atom is 0.226 e. The highest BCUT2D eigenvalue weighted by Crippen LogP contribution is 2.31. The van der Waals surface area contributed by atoms with Gasteiger partial charge >= 0.3 is 0 Å². The first-order chi connectivity index (χ1) is 9.19. The Morgan fingerprint density at radius 1 is 1.37 bits per heavy atom. The number of aryl methyl sites for hydroxylation is 1. The van der Waals surface area contributed by atoms with Gasteiger partial charge < -0.3 is 10.1 Å². The Morgan fingerprint density at radius 2 is 2.21 bits per heavy atom. The van der Waals surface area contributed by atoms with Crippen molar-refractivity contribution in [3.05, 3.63) is 11.8 Å². The van der Waals surface area contributed by atoms with E-state index in [0.29, 0.717) is 18.4 Å². The van der Waals surface area contributed by atoms with E-state index < -0.39 is 0 Å². The van der Waals surface area contributed by atoms with Crippen LogP contribution in [0.1, 0.15) is 45.2 Å². The number of hydrogen-bond donors (Lipinski definition) is 1. The van der Waals surface area contributed by atoms with Crippen molar-refractivity contribution >= 4 is 5.95 Å². The van der Waals surface area contributed by atoms with Crippen LogP contribution in [0.4, 0.5) is 5.95 Å². The first-order valence-electron chi connectivity index (χ1n) is 7.41. The summed E-state index contributed by atoms with van der Waals surface area (Å²) in [6.07, 6.45) is 5.02. The van der Waals surface area contributed by atoms with E-state index in [1.807, 2.05) is 13.0 Å². The van der Waals surface area contributed by atoms with E-state index in [1.165, 1.54) is 19.3 Å². The number of ether oxygens (including phenoxy) is 1. The second kappa shape index (κ2) is 6.73. The van der Waals surface area contributed by atoms with Crippen LogP contribution in [-0.4, -0.2) is 23.1 Å². The van der Waals surface area contributed by atoms with Crippen LogP contribution in [-0.2, 0) is 0 Å². The lowest BCUT2D eigenvalue weighted by Crippen LogP contribution is -2.18. The van der Waals surface area contributed by atoms with Crippen LogP contribution in [0, 0.1) is 18.8 Å². The molecule has 4 heteroatoms. The topological polar surface area (TPSA) is 47.0 Å². The molecule has 2 unspecified atom stereocenters. The fourth-order valence-corrected chi connectivity index (χ4v) is 2.65. The molecule has 0 spiro atoms. The fraction of sp³-hybridized carbons (Fsp3) is 0.733. The van der Waals surface area contributed by atoms with Crippen LogP contribution in [0.15, 0.2) is 6.07 Å². The largest absolute Gasteiger partial charge is 0.478 e. The van der Waals surface area contributed by atoms with E-state index >= 15 is 0 Å². The lowest BCUT2D eigenvalue weighted by Gasteiger charge is -2.16. The summed E-state index contributed by atoms with van der Waals surface area (Å²) in [6.45, 7) is 8.08. The summed E-state index contributed by atoms with van der Waals surface area (Å²) in [7, 11) is 0. The van der Waals surface area contributed by atoms with Gasteiger partial charge in [0.25, 0.3) is 0 Å². The Bertz CT molecular complexity index is 408. The minimum absolute atomic E-state index is 0.677. The number of nitrogens with zero attached hydrogens (tertiary/aromatic N) is 2. The average molecular weight is 263 g/mol. The molecule has 0 bridgehead atoms. The first kappa shape index (κ1) is 14.1. The van der Waals surface area contributed by atoms with Crippen LogP contribution in [0.2, 0.25) is 0 Å². The van der Waals surface area contributed by atoms with Gasteiger partial charge in [-0.15, -0.1) is 0 Å². The van der Waals surface area contributed by atoms with Crippen LogP contribution in [0.25, 0.3) is 0 Å². The maximum absolute atomic E-state index is 5.58. The Morgan fingerprint density at radius 3 is 2.89 bits per heavy atom. The predicted molar refractivity (Wildman–Crippen MR) is 77.5 cm³/mol. The molecule has 1 fully saturated rings. The van der Waals surface area contributed by atoms with Crippen LogP contribution < -0.4 is 10.1 Å². The quantitative estimate of drug-likeness (QED) is 0.854. The van der Waals surface area contributed by atoms with Crippen molar-refractivity contribution in [3.63, 3.8) is 0 Å². The lowest BCUT2D eigenvalue weighted by molar-refractivity contribution is 0.304. The molecule has 0 aliphatic heterocycles. The number of anilines is 1. The van der Waals surface area contributed by atoms with Crippen molar-refractivity contribution < 1.29 is 4.74 Å². The third-order valence-corrected chi connectivity index (χ3v) is 3.85. The molecule has 1 aromatic rings. The van der Waals surface area contributed by atoms with Gasteiger partial charge in [-0.2, -0.15) is 4.98 Å². The molecule has 1 aliphatic rings. The third-order valence-electron chi connectivity index (χ3n) is 3.85. The molecule has 19 heavy (non-hydrogen) atoms. The number of nitrogens with one attached hydrogen (secondary N) is 1. The monoisotopic (exact) mass is 263 g/mol. The second-order valence-corrected chi connectivity index (χ2v) is 5.57. The van der Waals surface area contributed by atoms with Crippen molar-refractivity contribution in [2.75, 3.05) is 18.5 Å². The maximum atomic E-state index is 5.58. The summed E-state index contributed by atoms with van der Waals surface area (Å²) in [6, 6.07) is 1.89. The molecule has 1 aromatic heterocycles.